The van der Waals surface area contributed by atoms with Crippen molar-refractivity contribution in [2.45, 2.75) is 79.6 Å². The largest absolute Gasteiger partial charge is 0.467 e. The SMILES string of the molecule is COc1nc(-c2ccc(C)c(Cl)c2)nc(-c2cc(CCC(=O)C(C)(C)C(F)(F)F)ccc2Cl)n1.Cc1ccc(-c2nc(-c3cc(CCC(=O)C(C)(C)C(F)(F)F)ccc3Cl)[nH]c(=O)n2)cc1Cl. The molecule has 4 aromatic carbocycles. The molecule has 6 aromatic rings. The molecule has 0 saturated heterocycles. The fraction of sp³-hybridized carbons (Fsp3) is 0.319. The first-order valence-corrected chi connectivity index (χ1v) is 21.7. The van der Waals surface area contributed by atoms with Crippen LogP contribution in [0.3, 0.4) is 0 Å². The van der Waals surface area contributed by atoms with E-state index in [0.29, 0.717) is 54.3 Å². The summed E-state index contributed by atoms with van der Waals surface area (Å²) in [5.74, 6) is -1.01. The second kappa shape index (κ2) is 20.8. The summed E-state index contributed by atoms with van der Waals surface area (Å²) in [6.45, 7) is 7.22. The first-order chi connectivity index (χ1) is 31.1. The van der Waals surface area contributed by atoms with E-state index in [0.717, 1.165) is 38.8 Å². The van der Waals surface area contributed by atoms with Gasteiger partial charge in [-0.25, -0.2) is 14.8 Å². The van der Waals surface area contributed by atoms with E-state index in [1.807, 2.05) is 26.0 Å². The van der Waals surface area contributed by atoms with Crippen LogP contribution in [0.5, 0.6) is 6.01 Å². The Morgan fingerprint density at radius 1 is 0.567 bits per heavy atom. The first kappa shape index (κ1) is 52.5. The molecule has 20 heteroatoms. The van der Waals surface area contributed by atoms with Gasteiger partial charge in [0.2, 0.25) is 0 Å². The molecule has 2 aromatic heterocycles. The van der Waals surface area contributed by atoms with E-state index in [4.69, 9.17) is 51.1 Å². The molecule has 0 saturated carbocycles. The van der Waals surface area contributed by atoms with Crippen LogP contribution in [0.25, 0.3) is 45.6 Å². The van der Waals surface area contributed by atoms with Crippen LogP contribution in [0.15, 0.2) is 77.6 Å². The van der Waals surface area contributed by atoms with Crippen LogP contribution >= 0.6 is 46.4 Å². The van der Waals surface area contributed by atoms with Crippen LogP contribution in [-0.2, 0) is 22.4 Å². The maximum absolute atomic E-state index is 13.2. The Morgan fingerprint density at radius 2 is 1.00 bits per heavy atom. The zero-order valence-corrected chi connectivity index (χ0v) is 39.9. The van der Waals surface area contributed by atoms with Crippen molar-refractivity contribution in [2.24, 2.45) is 10.8 Å². The van der Waals surface area contributed by atoms with Gasteiger partial charge in [-0.15, -0.1) is 0 Å². The Bertz CT molecular complexity index is 2890. The molecule has 0 aliphatic heterocycles. The maximum Gasteiger partial charge on any atom is 0.400 e. The lowest BCUT2D eigenvalue weighted by Crippen LogP contribution is -2.39. The number of ketones is 2. The number of benzene rings is 4. The average molecular weight is 1010 g/mol. The van der Waals surface area contributed by atoms with Gasteiger partial charge >= 0.3 is 24.1 Å². The molecule has 1 N–H and O–H groups in total. The molecule has 0 amide bonds. The van der Waals surface area contributed by atoms with E-state index in [1.54, 1.807) is 54.6 Å². The Balaban J connectivity index is 0.000000251. The van der Waals surface area contributed by atoms with Crippen LogP contribution < -0.4 is 10.4 Å². The number of rotatable bonds is 13. The molecule has 10 nitrogen and oxygen atoms in total. The number of hydrogen-bond donors (Lipinski definition) is 1. The highest BCUT2D eigenvalue weighted by atomic mass is 35.5. The third-order valence-electron chi connectivity index (χ3n) is 11.0. The molecule has 354 valence electrons. The monoisotopic (exact) mass is 1010 g/mol. The third kappa shape index (κ3) is 12.6. The van der Waals surface area contributed by atoms with Gasteiger partial charge < -0.3 is 4.74 Å². The molecule has 0 aliphatic rings. The summed E-state index contributed by atoms with van der Waals surface area (Å²) in [5.41, 5.74) is -0.624. The van der Waals surface area contributed by atoms with E-state index >= 15 is 0 Å². The lowest BCUT2D eigenvalue weighted by molar-refractivity contribution is -0.211. The number of Topliss-reactive ketones (excluding diaryl/α,β-unsaturated/α-hetero) is 2. The fourth-order valence-corrected chi connectivity index (χ4v) is 6.84. The summed E-state index contributed by atoms with van der Waals surface area (Å²) >= 11 is 25.1. The highest BCUT2D eigenvalue weighted by Crippen LogP contribution is 2.41. The van der Waals surface area contributed by atoms with Crippen LogP contribution in [0.2, 0.25) is 20.1 Å². The van der Waals surface area contributed by atoms with Gasteiger partial charge in [0.1, 0.15) is 28.2 Å². The van der Waals surface area contributed by atoms with Crippen molar-refractivity contribution < 1.29 is 40.7 Å². The number of aromatic amines is 1. The molecule has 0 unspecified atom stereocenters. The number of aryl methyl sites for hydroxylation is 4. The number of carbonyl (C=O) groups excluding carboxylic acids is 2. The first-order valence-electron chi connectivity index (χ1n) is 20.2. The summed E-state index contributed by atoms with van der Waals surface area (Å²) in [7, 11) is 1.41. The number of nitrogens with zero attached hydrogens (tertiary/aromatic N) is 5. The van der Waals surface area contributed by atoms with Crippen LogP contribution in [0.4, 0.5) is 26.3 Å². The molecule has 0 fully saturated rings. The minimum atomic E-state index is -4.63. The zero-order chi connectivity index (χ0) is 49.8. The Labute approximate surface area is 401 Å². The van der Waals surface area contributed by atoms with Crippen LogP contribution in [-0.4, -0.2) is 60.9 Å². The van der Waals surface area contributed by atoms with Crippen molar-refractivity contribution in [1.82, 2.24) is 29.9 Å². The molecular formula is C47H42Cl4F6N6O4. The summed E-state index contributed by atoms with van der Waals surface area (Å²) in [6.07, 6.45) is -9.66. The topological polar surface area (TPSA) is 141 Å². The van der Waals surface area contributed by atoms with E-state index in [2.05, 4.69) is 29.9 Å². The van der Waals surface area contributed by atoms with Gasteiger partial charge in [-0.1, -0.05) is 82.8 Å². The van der Waals surface area contributed by atoms with E-state index in [1.165, 1.54) is 13.2 Å². The molecule has 67 heavy (non-hydrogen) atoms. The highest BCUT2D eigenvalue weighted by Gasteiger charge is 2.52. The van der Waals surface area contributed by atoms with Crippen molar-refractivity contribution >= 4 is 58.0 Å². The Kier molecular flexibility index (Phi) is 16.3. The number of methoxy groups -OCH3 is 1. The quantitative estimate of drug-likeness (QED) is 0.112. The number of carbonyl (C=O) groups is 2. The van der Waals surface area contributed by atoms with E-state index < -0.39 is 40.4 Å². The predicted octanol–water partition coefficient (Wildman–Crippen LogP) is 13.1. The molecule has 0 radical (unpaired) electrons. The van der Waals surface area contributed by atoms with Crippen LogP contribution in [0, 0.1) is 24.7 Å². The van der Waals surface area contributed by atoms with E-state index in [-0.39, 0.29) is 54.2 Å². The third-order valence-corrected chi connectivity index (χ3v) is 12.4. The van der Waals surface area contributed by atoms with Crippen molar-refractivity contribution in [3.05, 3.63) is 126 Å². The van der Waals surface area contributed by atoms with Gasteiger partial charge in [0.05, 0.1) is 17.2 Å². The number of halogens is 10. The maximum atomic E-state index is 13.2. The summed E-state index contributed by atoms with van der Waals surface area (Å²) in [6, 6.07) is 20.2. The molecule has 0 spiro atoms. The Morgan fingerprint density at radius 3 is 1.45 bits per heavy atom. The van der Waals surface area contributed by atoms with Gasteiger partial charge in [-0.2, -0.15) is 41.3 Å². The van der Waals surface area contributed by atoms with E-state index in [9.17, 15) is 40.7 Å². The number of hydrogen-bond acceptors (Lipinski definition) is 9. The summed E-state index contributed by atoms with van der Waals surface area (Å²) < 4.78 is 84.1. The summed E-state index contributed by atoms with van der Waals surface area (Å²) in [4.78, 5) is 60.5. The molecule has 6 rings (SSSR count). The lowest BCUT2D eigenvalue weighted by atomic mass is 9.84. The number of ether oxygens (including phenoxy) is 1. The minimum Gasteiger partial charge on any atom is -0.467 e. The second-order valence-electron chi connectivity index (χ2n) is 16.4. The minimum absolute atomic E-state index is 0.0558. The van der Waals surface area contributed by atoms with Crippen molar-refractivity contribution in [1.29, 1.82) is 0 Å². The number of aromatic nitrogens is 6. The molecule has 0 aliphatic carbocycles. The van der Waals surface area contributed by atoms with Gasteiger partial charge in [0.25, 0.3) is 0 Å². The predicted molar refractivity (Wildman–Crippen MR) is 247 cm³/mol. The normalized spacial score (nSPS) is 12.1. The average Bonchev–Trinajstić information content (AvgIpc) is 3.26. The molecule has 2 heterocycles. The Hall–Kier alpha value is -5.42. The number of alkyl halides is 6. The smallest absolute Gasteiger partial charge is 0.400 e. The van der Waals surface area contributed by atoms with Gasteiger partial charge in [0, 0.05) is 45.1 Å². The van der Waals surface area contributed by atoms with Crippen molar-refractivity contribution in [2.75, 3.05) is 7.11 Å². The van der Waals surface area contributed by atoms with Gasteiger partial charge in [-0.05, 0) is 113 Å². The fourth-order valence-electron chi connectivity index (χ4n) is 6.07. The number of H-pyrrole nitrogens is 1. The summed E-state index contributed by atoms with van der Waals surface area (Å²) in [5, 5.41) is 1.63. The standard InChI is InChI=1S/C24H22Cl2F3N3O2.C23H20Cl2F3N3O2/c1-13-5-8-15(12-18(13)26)20-30-21(32-22(31-20)34-4)16-11-14(6-9-17(16)25)7-10-19(33)23(2,3)24(27,28)29;1-12-4-7-14(11-17(12)25)19-29-20(31-21(33)30-19)15-10-13(5-8-16(15)24)6-9-18(32)22(2,3)23(26,27)28/h5-6,8-9,11-12H,7,10H2,1-4H3;4-5,7-8,10-11H,6,9H2,1-3H3,(H,29,30,31,33). The molecule has 0 atom stereocenters. The van der Waals surface area contributed by atoms with Crippen LogP contribution in [0.1, 0.15) is 62.8 Å². The van der Waals surface area contributed by atoms with Crippen molar-refractivity contribution in [3.8, 4) is 51.6 Å². The van der Waals surface area contributed by atoms with Gasteiger partial charge in [-0.3, -0.25) is 14.6 Å². The highest BCUT2D eigenvalue weighted by molar-refractivity contribution is 6.33. The second-order valence-corrected chi connectivity index (χ2v) is 18.1. The molecule has 0 bridgehead atoms. The van der Waals surface area contributed by atoms with Crippen molar-refractivity contribution in [3.63, 3.8) is 0 Å². The zero-order valence-electron chi connectivity index (χ0n) is 36.9. The number of nitrogens with one attached hydrogen (secondary N) is 1. The lowest BCUT2D eigenvalue weighted by Gasteiger charge is -2.26. The molecular weight excluding hydrogens is 968 g/mol. The van der Waals surface area contributed by atoms with Gasteiger partial charge in [0.15, 0.2) is 17.5 Å².